The third-order valence-electron chi connectivity index (χ3n) is 2.53. The zero-order chi connectivity index (χ0) is 14.4. The number of hydrogen-bond donors (Lipinski definition) is 1. The van der Waals surface area contributed by atoms with Crippen LogP contribution in [0.3, 0.4) is 0 Å². The summed E-state index contributed by atoms with van der Waals surface area (Å²) < 4.78 is 0. The fourth-order valence-electron chi connectivity index (χ4n) is 1.59. The molecule has 1 rings (SSSR count). The molecule has 0 bridgehead atoms. The van der Waals surface area contributed by atoms with Gasteiger partial charge in [0.2, 0.25) is 0 Å². The average molecular weight is 281 g/mol. The van der Waals surface area contributed by atoms with Gasteiger partial charge in [-0.25, -0.2) is 9.78 Å². The van der Waals surface area contributed by atoms with Crippen LogP contribution in [-0.2, 0) is 4.79 Å². The maximum Gasteiger partial charge on any atom is 0.352 e. The number of carboxylic acids is 1. The summed E-state index contributed by atoms with van der Waals surface area (Å²) in [5, 5.41) is 9.80. The van der Waals surface area contributed by atoms with E-state index in [0.29, 0.717) is 10.8 Å². The molecular weight excluding hydrogens is 264 g/mol. The number of aromatic nitrogens is 1. The summed E-state index contributed by atoms with van der Waals surface area (Å²) >= 11 is 5.76. The fourth-order valence-corrected chi connectivity index (χ4v) is 1.70. The molecule has 1 heterocycles. The van der Waals surface area contributed by atoms with Gasteiger partial charge in [0.1, 0.15) is 11.5 Å². The van der Waals surface area contributed by atoms with Crippen molar-refractivity contribution in [1.29, 1.82) is 0 Å². The fraction of sp³-hybridized carbons (Fsp3) is 0.286. The van der Waals surface area contributed by atoms with Crippen LogP contribution in [0.1, 0.15) is 20.3 Å². The number of nitrogens with zero attached hydrogens (tertiary/aromatic N) is 2. The second-order valence-corrected chi connectivity index (χ2v) is 4.52. The molecule has 0 saturated heterocycles. The molecule has 0 amide bonds. The van der Waals surface area contributed by atoms with Gasteiger partial charge in [0.25, 0.3) is 0 Å². The maximum absolute atomic E-state index is 11.3. The minimum absolute atomic E-state index is 0.164. The third kappa shape index (κ3) is 4.41. The molecule has 5 heteroatoms. The first-order valence-electron chi connectivity index (χ1n) is 5.92. The first-order valence-corrected chi connectivity index (χ1v) is 6.30. The number of likely N-dealkylation sites (N-methyl/N-ethyl adjacent to an activating group) is 1. The lowest BCUT2D eigenvalue weighted by atomic mass is 10.2. The van der Waals surface area contributed by atoms with E-state index in [1.54, 1.807) is 25.3 Å². The molecule has 1 N–H and O–H groups in total. The Labute approximate surface area is 118 Å². The Morgan fingerprint density at radius 2 is 2.21 bits per heavy atom. The van der Waals surface area contributed by atoms with E-state index < -0.39 is 5.97 Å². The molecule has 0 spiro atoms. The lowest BCUT2D eigenvalue weighted by molar-refractivity contribution is -0.132. The second kappa shape index (κ2) is 6.95. The maximum atomic E-state index is 11.3. The highest BCUT2D eigenvalue weighted by atomic mass is 35.5. The molecule has 0 aliphatic heterocycles. The smallest absolute Gasteiger partial charge is 0.352 e. The van der Waals surface area contributed by atoms with Gasteiger partial charge >= 0.3 is 5.97 Å². The number of carbonyl (C=O) groups is 1. The number of carboxylic acid groups (broad SMARTS) is 1. The number of aliphatic carboxylic acids is 1. The van der Waals surface area contributed by atoms with Crippen LogP contribution in [0.5, 0.6) is 0 Å². The highest BCUT2D eigenvalue weighted by molar-refractivity contribution is 6.30. The summed E-state index contributed by atoms with van der Waals surface area (Å²) in [5.41, 5.74) is 1.07. The summed E-state index contributed by atoms with van der Waals surface area (Å²) in [4.78, 5) is 17.0. The number of pyridine rings is 1. The van der Waals surface area contributed by atoms with Crippen LogP contribution in [0, 0.1) is 0 Å². The zero-order valence-corrected chi connectivity index (χ0v) is 12.0. The Bertz CT molecular complexity index is 507. The lowest BCUT2D eigenvalue weighted by Gasteiger charge is -2.18. The topological polar surface area (TPSA) is 53.4 Å². The van der Waals surface area contributed by atoms with Gasteiger partial charge in [-0.2, -0.15) is 0 Å². The molecule has 0 atom stereocenters. The zero-order valence-electron chi connectivity index (χ0n) is 11.2. The van der Waals surface area contributed by atoms with Gasteiger partial charge in [-0.1, -0.05) is 30.2 Å². The summed E-state index contributed by atoms with van der Waals surface area (Å²) in [6, 6.07) is 3.35. The van der Waals surface area contributed by atoms with E-state index in [9.17, 15) is 9.90 Å². The monoisotopic (exact) mass is 280 g/mol. The van der Waals surface area contributed by atoms with E-state index in [0.717, 1.165) is 12.0 Å². The van der Waals surface area contributed by atoms with Gasteiger partial charge in [-0.05, 0) is 31.6 Å². The van der Waals surface area contributed by atoms with Crippen molar-refractivity contribution in [2.45, 2.75) is 20.3 Å². The Hall–Kier alpha value is -1.81. The molecule has 4 nitrogen and oxygen atoms in total. The van der Waals surface area contributed by atoms with E-state index in [4.69, 9.17) is 11.6 Å². The molecule has 0 unspecified atom stereocenters. The van der Waals surface area contributed by atoms with E-state index in [1.807, 2.05) is 19.9 Å². The standard InChI is InChI=1S/C14H17ClN2O2/c1-4-5-10(2)8-12(14(18)19)17(3)13-7-6-11(15)9-16-13/h5-9H,4H2,1-3H3,(H,18,19). The van der Waals surface area contributed by atoms with Crippen LogP contribution in [0.15, 0.2) is 41.8 Å². The van der Waals surface area contributed by atoms with Crippen molar-refractivity contribution in [3.63, 3.8) is 0 Å². The van der Waals surface area contributed by atoms with Gasteiger partial charge in [0.15, 0.2) is 0 Å². The van der Waals surface area contributed by atoms with E-state index in [2.05, 4.69) is 4.98 Å². The van der Waals surface area contributed by atoms with Gasteiger partial charge in [0, 0.05) is 13.2 Å². The molecule has 1 aromatic rings. The molecule has 0 aliphatic rings. The van der Waals surface area contributed by atoms with Crippen molar-refractivity contribution in [2.24, 2.45) is 0 Å². The van der Waals surface area contributed by atoms with Crippen LogP contribution in [0.2, 0.25) is 5.02 Å². The van der Waals surface area contributed by atoms with E-state index >= 15 is 0 Å². The minimum atomic E-state index is -0.997. The molecule has 0 aliphatic carbocycles. The number of halogens is 1. The lowest BCUT2D eigenvalue weighted by Crippen LogP contribution is -2.23. The van der Waals surface area contributed by atoms with Gasteiger partial charge < -0.3 is 10.0 Å². The molecule has 0 radical (unpaired) electrons. The van der Waals surface area contributed by atoms with Crippen LogP contribution in [0.25, 0.3) is 0 Å². The molecule has 0 saturated carbocycles. The molecule has 1 aromatic heterocycles. The molecule has 0 fully saturated rings. The molecule has 19 heavy (non-hydrogen) atoms. The number of hydrogen-bond acceptors (Lipinski definition) is 3. The van der Waals surface area contributed by atoms with E-state index in [-0.39, 0.29) is 5.70 Å². The van der Waals surface area contributed by atoms with Crippen molar-refractivity contribution in [3.8, 4) is 0 Å². The number of allylic oxidation sites excluding steroid dienone is 3. The summed E-state index contributed by atoms with van der Waals surface area (Å²) in [6.45, 7) is 3.87. The van der Waals surface area contributed by atoms with Crippen LogP contribution >= 0.6 is 11.6 Å². The first kappa shape index (κ1) is 15.2. The molecular formula is C14H17ClN2O2. The van der Waals surface area contributed by atoms with Gasteiger partial charge in [-0.15, -0.1) is 0 Å². The summed E-state index contributed by atoms with van der Waals surface area (Å²) in [5.74, 6) is -0.467. The SMILES string of the molecule is CCC=C(C)C=C(C(=O)O)N(C)c1ccc(Cl)cn1. The first-order chi connectivity index (χ1) is 8.95. The van der Waals surface area contributed by atoms with Crippen molar-refractivity contribution < 1.29 is 9.90 Å². The average Bonchev–Trinajstić information content (AvgIpc) is 2.36. The number of anilines is 1. The molecule has 0 aromatic carbocycles. The quantitative estimate of drug-likeness (QED) is 0.662. The van der Waals surface area contributed by atoms with Crippen molar-refractivity contribution in [2.75, 3.05) is 11.9 Å². The molecule has 102 valence electrons. The highest BCUT2D eigenvalue weighted by Crippen LogP contribution is 2.18. The van der Waals surface area contributed by atoms with Crippen LogP contribution in [0.4, 0.5) is 5.82 Å². The van der Waals surface area contributed by atoms with Crippen molar-refractivity contribution in [1.82, 2.24) is 4.98 Å². The van der Waals surface area contributed by atoms with Crippen LogP contribution in [-0.4, -0.2) is 23.1 Å². The summed E-state index contributed by atoms with van der Waals surface area (Å²) in [6.07, 6.45) is 5.94. The minimum Gasteiger partial charge on any atom is -0.477 e. The Morgan fingerprint density at radius 3 is 2.68 bits per heavy atom. The Kier molecular flexibility index (Phi) is 5.57. The predicted molar refractivity (Wildman–Crippen MR) is 77.4 cm³/mol. The van der Waals surface area contributed by atoms with Gasteiger partial charge in [-0.3, -0.25) is 0 Å². The normalized spacial score (nSPS) is 12.4. The summed E-state index contributed by atoms with van der Waals surface area (Å²) in [7, 11) is 1.66. The van der Waals surface area contributed by atoms with E-state index in [1.165, 1.54) is 11.1 Å². The number of rotatable bonds is 5. The second-order valence-electron chi connectivity index (χ2n) is 4.08. The predicted octanol–water partition coefficient (Wildman–Crippen LogP) is 3.50. The Morgan fingerprint density at radius 1 is 1.53 bits per heavy atom. The van der Waals surface area contributed by atoms with Crippen molar-refractivity contribution >= 4 is 23.4 Å². The largest absolute Gasteiger partial charge is 0.477 e. The van der Waals surface area contributed by atoms with Crippen molar-refractivity contribution in [3.05, 3.63) is 46.8 Å². The highest BCUT2D eigenvalue weighted by Gasteiger charge is 2.15. The Balaban J connectivity index is 3.09. The van der Waals surface area contributed by atoms with Gasteiger partial charge in [0.05, 0.1) is 5.02 Å². The third-order valence-corrected chi connectivity index (χ3v) is 2.75. The van der Waals surface area contributed by atoms with Crippen LogP contribution < -0.4 is 4.90 Å².